The fourth-order valence-corrected chi connectivity index (χ4v) is 1.09. The molecule has 0 saturated carbocycles. The van der Waals surface area contributed by atoms with Crippen LogP contribution in [0.3, 0.4) is 0 Å². The van der Waals surface area contributed by atoms with Crippen LogP contribution < -0.4 is 15.8 Å². The second-order valence-corrected chi connectivity index (χ2v) is 3.43. The van der Waals surface area contributed by atoms with Crippen molar-refractivity contribution in [3.8, 4) is 5.75 Å². The number of benzene rings is 1. The van der Waals surface area contributed by atoms with Gasteiger partial charge in [-0.3, -0.25) is 4.99 Å². The third kappa shape index (κ3) is 6.32. The lowest BCUT2D eigenvalue weighted by molar-refractivity contribution is 0.204. The molecule has 0 radical (unpaired) electrons. The van der Waals surface area contributed by atoms with E-state index in [2.05, 4.69) is 10.3 Å². The highest BCUT2D eigenvalue weighted by atomic mass is 127. The first kappa shape index (κ1) is 16.0. The van der Waals surface area contributed by atoms with Gasteiger partial charge in [0.2, 0.25) is 0 Å². The van der Waals surface area contributed by atoms with Crippen LogP contribution in [0.15, 0.2) is 29.3 Å². The molecule has 17 heavy (non-hydrogen) atoms. The normalized spacial score (nSPS) is 12.5. The van der Waals surface area contributed by atoms with E-state index < -0.39 is 6.10 Å². The van der Waals surface area contributed by atoms with Crippen molar-refractivity contribution in [2.75, 3.05) is 19.0 Å². The molecule has 6 heteroatoms. The van der Waals surface area contributed by atoms with Crippen LogP contribution in [0.25, 0.3) is 0 Å². The SMILES string of the molecule is COc1ccc(NC(N)=NCC(C)O)cc1.I. The Morgan fingerprint density at radius 1 is 1.47 bits per heavy atom. The largest absolute Gasteiger partial charge is 0.497 e. The maximum absolute atomic E-state index is 9.03. The number of nitrogens with one attached hydrogen (secondary N) is 1. The zero-order valence-corrected chi connectivity index (χ0v) is 12.2. The molecule has 96 valence electrons. The third-order valence-electron chi connectivity index (χ3n) is 1.89. The van der Waals surface area contributed by atoms with Gasteiger partial charge in [-0.1, -0.05) is 0 Å². The van der Waals surface area contributed by atoms with Crippen molar-refractivity contribution in [1.29, 1.82) is 0 Å². The highest BCUT2D eigenvalue weighted by molar-refractivity contribution is 14.0. The third-order valence-corrected chi connectivity index (χ3v) is 1.89. The fraction of sp³-hybridized carbons (Fsp3) is 0.364. The highest BCUT2D eigenvalue weighted by Crippen LogP contribution is 2.14. The van der Waals surface area contributed by atoms with Crippen molar-refractivity contribution < 1.29 is 9.84 Å². The van der Waals surface area contributed by atoms with Crippen LogP contribution in [0.5, 0.6) is 5.75 Å². The summed E-state index contributed by atoms with van der Waals surface area (Å²) in [6.45, 7) is 1.94. The number of nitrogens with two attached hydrogens (primary N) is 1. The van der Waals surface area contributed by atoms with Gasteiger partial charge >= 0.3 is 0 Å². The highest BCUT2D eigenvalue weighted by Gasteiger charge is 1.97. The summed E-state index contributed by atoms with van der Waals surface area (Å²) in [5.41, 5.74) is 6.45. The van der Waals surface area contributed by atoms with Gasteiger partial charge in [0, 0.05) is 5.69 Å². The van der Waals surface area contributed by atoms with Crippen molar-refractivity contribution in [2.24, 2.45) is 10.7 Å². The summed E-state index contributed by atoms with van der Waals surface area (Å²) in [6.07, 6.45) is -0.490. The Balaban J connectivity index is 0.00000256. The number of halogens is 1. The molecule has 0 bridgehead atoms. The number of aliphatic imine (C=N–C) groups is 1. The lowest BCUT2D eigenvalue weighted by Crippen LogP contribution is -2.24. The van der Waals surface area contributed by atoms with E-state index in [-0.39, 0.29) is 36.5 Å². The van der Waals surface area contributed by atoms with E-state index in [1.54, 1.807) is 14.0 Å². The molecule has 0 heterocycles. The van der Waals surface area contributed by atoms with Crippen molar-refractivity contribution >= 4 is 35.6 Å². The van der Waals surface area contributed by atoms with Gasteiger partial charge in [-0.15, -0.1) is 24.0 Å². The van der Waals surface area contributed by atoms with E-state index >= 15 is 0 Å². The molecule has 4 N–H and O–H groups in total. The Hall–Kier alpha value is -1.02. The van der Waals surface area contributed by atoms with Gasteiger partial charge in [-0.05, 0) is 31.2 Å². The molecule has 0 amide bonds. The number of rotatable bonds is 4. The monoisotopic (exact) mass is 351 g/mol. The Labute approximate surface area is 118 Å². The van der Waals surface area contributed by atoms with Crippen LogP contribution in [-0.2, 0) is 0 Å². The Bertz CT molecular complexity index is 352. The van der Waals surface area contributed by atoms with E-state index in [9.17, 15) is 0 Å². The van der Waals surface area contributed by atoms with Gasteiger partial charge in [0.15, 0.2) is 5.96 Å². The van der Waals surface area contributed by atoms with Crippen LogP contribution >= 0.6 is 24.0 Å². The van der Waals surface area contributed by atoms with Crippen LogP contribution in [0.1, 0.15) is 6.92 Å². The van der Waals surface area contributed by atoms with Crippen molar-refractivity contribution in [3.05, 3.63) is 24.3 Å². The molecule has 1 rings (SSSR count). The number of guanidine groups is 1. The predicted octanol–water partition coefficient (Wildman–Crippen LogP) is 1.42. The van der Waals surface area contributed by atoms with Gasteiger partial charge in [0.1, 0.15) is 5.75 Å². The second-order valence-electron chi connectivity index (χ2n) is 3.43. The lowest BCUT2D eigenvalue weighted by Gasteiger charge is -2.07. The first-order chi connectivity index (χ1) is 7.61. The van der Waals surface area contributed by atoms with Gasteiger partial charge in [0.05, 0.1) is 19.8 Å². The zero-order valence-electron chi connectivity index (χ0n) is 9.88. The average molecular weight is 351 g/mol. The van der Waals surface area contributed by atoms with Gasteiger partial charge in [-0.25, -0.2) is 0 Å². The molecule has 0 aliphatic carbocycles. The number of nitrogens with zero attached hydrogens (tertiary/aromatic N) is 1. The molecule has 1 unspecified atom stereocenters. The smallest absolute Gasteiger partial charge is 0.193 e. The molecule has 5 nitrogen and oxygen atoms in total. The van der Waals surface area contributed by atoms with Crippen LogP contribution in [0.2, 0.25) is 0 Å². The minimum Gasteiger partial charge on any atom is -0.497 e. The van der Waals surface area contributed by atoms with E-state index in [1.807, 2.05) is 24.3 Å². The minimum atomic E-state index is -0.490. The molecular formula is C11H18IN3O2. The van der Waals surface area contributed by atoms with Crippen molar-refractivity contribution in [3.63, 3.8) is 0 Å². The van der Waals surface area contributed by atoms with Gasteiger partial charge in [0.25, 0.3) is 0 Å². The molecule has 1 aromatic rings. The molecule has 0 aliphatic heterocycles. The van der Waals surface area contributed by atoms with Crippen LogP contribution in [0.4, 0.5) is 5.69 Å². The molecular weight excluding hydrogens is 333 g/mol. The lowest BCUT2D eigenvalue weighted by atomic mass is 10.3. The number of aliphatic hydroxyl groups excluding tert-OH is 1. The summed E-state index contributed by atoms with van der Waals surface area (Å²) in [5, 5.41) is 11.9. The molecule has 0 aromatic heterocycles. The fourth-order valence-electron chi connectivity index (χ4n) is 1.09. The predicted molar refractivity (Wildman–Crippen MR) is 80.2 cm³/mol. The minimum absolute atomic E-state index is 0. The summed E-state index contributed by atoms with van der Waals surface area (Å²) >= 11 is 0. The Morgan fingerprint density at radius 3 is 2.53 bits per heavy atom. The summed E-state index contributed by atoms with van der Waals surface area (Å²) < 4.78 is 5.03. The number of ether oxygens (including phenoxy) is 1. The van der Waals surface area contributed by atoms with Crippen LogP contribution in [0, 0.1) is 0 Å². The summed E-state index contributed by atoms with van der Waals surface area (Å²) in [6, 6.07) is 7.32. The topological polar surface area (TPSA) is 79.9 Å². The summed E-state index contributed by atoms with van der Waals surface area (Å²) in [7, 11) is 1.61. The van der Waals surface area contributed by atoms with Crippen molar-refractivity contribution in [2.45, 2.75) is 13.0 Å². The van der Waals surface area contributed by atoms with E-state index in [1.165, 1.54) is 0 Å². The molecule has 0 spiro atoms. The number of hydrogen-bond donors (Lipinski definition) is 3. The summed E-state index contributed by atoms with van der Waals surface area (Å²) in [5.74, 6) is 1.07. The molecule has 0 aliphatic rings. The average Bonchev–Trinajstić information content (AvgIpc) is 2.27. The number of aliphatic hydroxyl groups is 1. The number of hydrogen-bond acceptors (Lipinski definition) is 3. The number of methoxy groups -OCH3 is 1. The van der Waals surface area contributed by atoms with Gasteiger partial charge < -0.3 is 20.9 Å². The molecule has 1 atom stereocenters. The Morgan fingerprint density at radius 2 is 2.06 bits per heavy atom. The van der Waals surface area contributed by atoms with Crippen LogP contribution in [-0.4, -0.2) is 30.8 Å². The standard InChI is InChI=1S/C11H17N3O2.HI/c1-8(15)7-13-11(12)14-9-3-5-10(16-2)6-4-9;/h3-6,8,15H,7H2,1-2H3,(H3,12,13,14);1H. The molecule has 0 saturated heterocycles. The maximum atomic E-state index is 9.03. The van der Waals surface area contributed by atoms with Crippen molar-refractivity contribution in [1.82, 2.24) is 0 Å². The first-order valence-electron chi connectivity index (χ1n) is 5.01. The van der Waals surface area contributed by atoms with E-state index in [0.29, 0.717) is 0 Å². The zero-order chi connectivity index (χ0) is 12.0. The maximum Gasteiger partial charge on any atom is 0.193 e. The Kier molecular flexibility index (Phi) is 7.64. The molecule has 1 aromatic carbocycles. The number of anilines is 1. The quantitative estimate of drug-likeness (QED) is 0.436. The van der Waals surface area contributed by atoms with Gasteiger partial charge in [-0.2, -0.15) is 0 Å². The van der Waals surface area contributed by atoms with E-state index in [4.69, 9.17) is 15.6 Å². The summed E-state index contributed by atoms with van der Waals surface area (Å²) in [4.78, 5) is 3.96. The first-order valence-corrected chi connectivity index (χ1v) is 5.01. The van der Waals surface area contributed by atoms with E-state index in [0.717, 1.165) is 11.4 Å². The molecule has 0 fully saturated rings. The second kappa shape index (κ2) is 8.13.